The Bertz CT molecular complexity index is 1160. The Morgan fingerprint density at radius 2 is 2.17 bits per heavy atom. The third-order valence-corrected chi connectivity index (χ3v) is 9.86. The third kappa shape index (κ3) is 5.26. The highest BCUT2D eigenvalue weighted by molar-refractivity contribution is 5.87. The number of likely N-dealkylation sites (N-methyl/N-ethyl adjacent to an activating group) is 1. The van der Waals surface area contributed by atoms with Gasteiger partial charge in [-0.15, -0.1) is 0 Å². The monoisotopic (exact) mass is 552 g/mol. The summed E-state index contributed by atoms with van der Waals surface area (Å²) in [6.45, 7) is 7.27. The lowest BCUT2D eigenvalue weighted by Gasteiger charge is -2.54. The molecule has 5 aliphatic rings. The molecule has 0 radical (unpaired) electrons. The number of nitrogens with one attached hydrogen (secondary N) is 2. The van der Waals surface area contributed by atoms with Crippen molar-refractivity contribution in [3.8, 4) is 11.8 Å². The Labute approximate surface area is 236 Å². The number of hydrogen-bond donors (Lipinski definition) is 2. The molecule has 4 heterocycles. The molecule has 1 saturated carbocycles. The van der Waals surface area contributed by atoms with E-state index in [1.807, 2.05) is 6.07 Å². The first-order valence-electron chi connectivity index (χ1n) is 14.7. The quantitative estimate of drug-likeness (QED) is 0.519. The van der Waals surface area contributed by atoms with Crippen molar-refractivity contribution in [3.63, 3.8) is 0 Å². The minimum absolute atomic E-state index is 0.0256. The fourth-order valence-corrected chi connectivity index (χ4v) is 7.71. The summed E-state index contributed by atoms with van der Waals surface area (Å²) in [5, 5.41) is 17.0. The first-order chi connectivity index (χ1) is 19.4. The number of carbonyl (C=O) groups is 1. The fourth-order valence-electron chi connectivity index (χ4n) is 7.71. The van der Waals surface area contributed by atoms with Crippen molar-refractivity contribution in [2.45, 2.75) is 81.2 Å². The second-order valence-corrected chi connectivity index (χ2v) is 12.2. The number of piperazine rings is 1. The molecule has 1 aromatic rings. The summed E-state index contributed by atoms with van der Waals surface area (Å²) in [4.78, 5) is 19.0. The molecule has 0 bridgehead atoms. The molecule has 6 rings (SSSR count). The second kappa shape index (κ2) is 11.4. The van der Waals surface area contributed by atoms with Crippen LogP contribution < -0.4 is 15.4 Å². The molecule has 1 aromatic carbocycles. The van der Waals surface area contributed by atoms with Crippen LogP contribution in [0.4, 0.5) is 4.39 Å². The Kier molecular flexibility index (Phi) is 7.85. The molecule has 1 aliphatic carbocycles. The van der Waals surface area contributed by atoms with Crippen LogP contribution in [0, 0.1) is 23.1 Å². The van der Waals surface area contributed by atoms with E-state index in [1.165, 1.54) is 18.6 Å². The number of carbonyl (C=O) groups excluding carboxylic acids is 1. The number of amides is 1. The van der Waals surface area contributed by atoms with Gasteiger partial charge in [-0.2, -0.15) is 5.26 Å². The predicted molar refractivity (Wildman–Crippen MR) is 148 cm³/mol. The zero-order valence-electron chi connectivity index (χ0n) is 23.4. The van der Waals surface area contributed by atoms with E-state index in [0.717, 1.165) is 32.2 Å². The molecule has 9 nitrogen and oxygen atoms in total. The van der Waals surface area contributed by atoms with Crippen molar-refractivity contribution in [1.29, 1.82) is 5.26 Å². The minimum atomic E-state index is -0.421. The normalized spacial score (nSPS) is 36.1. The van der Waals surface area contributed by atoms with Gasteiger partial charge in [0.1, 0.15) is 17.2 Å². The van der Waals surface area contributed by atoms with Gasteiger partial charge in [0.2, 0.25) is 5.91 Å². The molecule has 4 aliphatic heterocycles. The minimum Gasteiger partial charge on any atom is -0.486 e. The van der Waals surface area contributed by atoms with Crippen LogP contribution in [0.15, 0.2) is 30.9 Å². The fraction of sp³-hybridized carbons (Fsp3) is 0.667. The number of nitriles is 1. The molecule has 10 heteroatoms. The van der Waals surface area contributed by atoms with Crippen LogP contribution in [0.3, 0.4) is 0 Å². The van der Waals surface area contributed by atoms with E-state index in [0.29, 0.717) is 50.0 Å². The summed E-state index contributed by atoms with van der Waals surface area (Å²) >= 11 is 0. The van der Waals surface area contributed by atoms with Crippen LogP contribution in [0.1, 0.15) is 44.1 Å². The molecule has 6 unspecified atom stereocenters. The summed E-state index contributed by atoms with van der Waals surface area (Å²) in [5.41, 5.74) is 0.265. The van der Waals surface area contributed by atoms with Crippen molar-refractivity contribution >= 4 is 5.91 Å². The van der Waals surface area contributed by atoms with E-state index in [1.54, 1.807) is 11.0 Å². The van der Waals surface area contributed by atoms with Gasteiger partial charge in [0.05, 0.1) is 31.3 Å². The Morgan fingerprint density at radius 3 is 2.92 bits per heavy atom. The third-order valence-electron chi connectivity index (χ3n) is 9.86. The molecule has 7 atom stereocenters. The van der Waals surface area contributed by atoms with E-state index in [9.17, 15) is 14.4 Å². The van der Waals surface area contributed by atoms with Crippen LogP contribution in [0.2, 0.25) is 0 Å². The van der Waals surface area contributed by atoms with Gasteiger partial charge in [-0.05, 0) is 57.5 Å². The molecule has 0 aromatic heterocycles. The van der Waals surface area contributed by atoms with Crippen molar-refractivity contribution < 1.29 is 18.7 Å². The highest BCUT2D eigenvalue weighted by Crippen LogP contribution is 2.47. The summed E-state index contributed by atoms with van der Waals surface area (Å²) in [7, 11) is 2.15. The van der Waals surface area contributed by atoms with E-state index < -0.39 is 5.60 Å². The van der Waals surface area contributed by atoms with Crippen LogP contribution in [-0.2, 0) is 16.0 Å². The van der Waals surface area contributed by atoms with Crippen molar-refractivity contribution in [2.75, 3.05) is 39.8 Å². The maximum Gasteiger partial charge on any atom is 0.246 e. The van der Waals surface area contributed by atoms with Gasteiger partial charge < -0.3 is 19.3 Å². The van der Waals surface area contributed by atoms with Crippen molar-refractivity contribution in [1.82, 2.24) is 25.3 Å². The van der Waals surface area contributed by atoms with Gasteiger partial charge in [-0.25, -0.2) is 4.39 Å². The molecule has 3 saturated heterocycles. The SMILES string of the molecule is C=CC(=O)N1CCN(C2NC(OCC3CCCN3C)NC3C[C@]4(CCC32)Cc2c(F)cccc2O4)CC1CC#N. The smallest absolute Gasteiger partial charge is 0.246 e. The van der Waals surface area contributed by atoms with Crippen LogP contribution >= 0.6 is 0 Å². The van der Waals surface area contributed by atoms with Crippen molar-refractivity contribution in [3.05, 3.63) is 42.2 Å². The molecule has 40 heavy (non-hydrogen) atoms. The number of halogens is 1. The zero-order valence-corrected chi connectivity index (χ0v) is 23.4. The summed E-state index contributed by atoms with van der Waals surface area (Å²) in [5.74, 6) is 0.636. The lowest BCUT2D eigenvalue weighted by molar-refractivity contribution is -0.138. The van der Waals surface area contributed by atoms with Gasteiger partial charge in [0.15, 0.2) is 6.35 Å². The molecular formula is C30H41FN6O3. The topological polar surface area (TPSA) is 93.1 Å². The van der Waals surface area contributed by atoms with E-state index >= 15 is 0 Å². The number of benzene rings is 1. The number of likely N-dealkylation sites (tertiary alicyclic amines) is 1. The molecule has 216 valence electrons. The van der Waals surface area contributed by atoms with Crippen LogP contribution in [-0.4, -0.2) is 96.7 Å². The summed E-state index contributed by atoms with van der Waals surface area (Å²) < 4.78 is 27.6. The number of nitrogens with zero attached hydrogens (tertiary/aromatic N) is 4. The molecule has 1 amide bonds. The molecular weight excluding hydrogens is 511 g/mol. The van der Waals surface area contributed by atoms with Crippen LogP contribution in [0.25, 0.3) is 0 Å². The number of rotatable bonds is 6. The highest BCUT2D eigenvalue weighted by Gasteiger charge is 2.52. The average Bonchev–Trinajstić information content (AvgIpc) is 3.54. The first-order valence-corrected chi connectivity index (χ1v) is 14.7. The Hall–Kier alpha value is -2.55. The lowest BCUT2D eigenvalue weighted by atomic mass is 9.71. The Morgan fingerprint density at radius 1 is 1.30 bits per heavy atom. The lowest BCUT2D eigenvalue weighted by Crippen LogP contribution is -2.73. The number of hydrogen-bond acceptors (Lipinski definition) is 8. The van der Waals surface area contributed by atoms with Gasteiger partial charge >= 0.3 is 0 Å². The van der Waals surface area contributed by atoms with Gasteiger partial charge in [0, 0.05) is 56.0 Å². The van der Waals surface area contributed by atoms with Crippen molar-refractivity contribution in [2.24, 2.45) is 5.92 Å². The van der Waals surface area contributed by atoms with Gasteiger partial charge in [-0.3, -0.25) is 20.3 Å². The molecule has 4 fully saturated rings. The summed E-state index contributed by atoms with van der Waals surface area (Å²) in [6.07, 6.45) is 6.75. The van der Waals surface area contributed by atoms with Gasteiger partial charge in [-0.1, -0.05) is 12.6 Å². The van der Waals surface area contributed by atoms with E-state index in [2.05, 4.69) is 40.1 Å². The van der Waals surface area contributed by atoms with E-state index in [4.69, 9.17) is 9.47 Å². The summed E-state index contributed by atoms with van der Waals surface area (Å²) in [6, 6.07) is 7.72. The largest absolute Gasteiger partial charge is 0.486 e. The highest BCUT2D eigenvalue weighted by atomic mass is 19.1. The Balaban J connectivity index is 1.21. The number of ether oxygens (including phenoxy) is 2. The number of fused-ring (bicyclic) bond motifs is 2. The molecule has 2 N–H and O–H groups in total. The van der Waals surface area contributed by atoms with Gasteiger partial charge in [0.25, 0.3) is 0 Å². The second-order valence-electron chi connectivity index (χ2n) is 12.2. The maximum atomic E-state index is 14.6. The maximum absolute atomic E-state index is 14.6. The first kappa shape index (κ1) is 27.6. The standard InChI is InChI=1S/C30H41FN6O3/c1-3-27(38)37-15-14-36(18-20(37)10-12-32)28-22-9-11-30(16-23-24(31)7-4-8-26(23)40-30)17-25(22)33-29(34-28)39-19-21-6-5-13-35(21)2/h3-4,7-8,20-22,25,28-29,33-34H,1,5-6,9-11,13-19H2,2H3/t20?,21?,22?,25?,28?,29?,30-/m0/s1. The average molecular weight is 553 g/mol. The van der Waals surface area contributed by atoms with E-state index in [-0.39, 0.29) is 48.7 Å². The van der Waals surface area contributed by atoms with Crippen LogP contribution in [0.5, 0.6) is 5.75 Å². The zero-order chi connectivity index (χ0) is 27.9. The molecule has 1 spiro atoms. The predicted octanol–water partition coefficient (Wildman–Crippen LogP) is 2.19.